The minimum atomic E-state index is -0.789. The second-order valence-electron chi connectivity index (χ2n) is 2.88. The van der Waals surface area contributed by atoms with E-state index in [0.717, 1.165) is 12.1 Å². The van der Waals surface area contributed by atoms with Crippen molar-refractivity contribution in [3.05, 3.63) is 34.4 Å². The van der Waals surface area contributed by atoms with Crippen LogP contribution in [0, 0.1) is 11.6 Å². The highest BCUT2D eigenvalue weighted by molar-refractivity contribution is 6.31. The molecule has 0 saturated carbocycles. The normalized spacial score (nSPS) is 12.1. The number of hydrogen-bond acceptors (Lipinski definition) is 2. The third-order valence-corrected chi connectivity index (χ3v) is 2.27. The van der Waals surface area contributed by atoms with Crippen LogP contribution in [0.1, 0.15) is 18.0 Å². The highest BCUT2D eigenvalue weighted by Crippen LogP contribution is 2.28. The summed E-state index contributed by atoms with van der Waals surface area (Å²) < 4.78 is 26.1. The minimum Gasteiger partial charge on any atom is -0.396 e. The maximum atomic E-state index is 13.2. The molecule has 0 aliphatic heterocycles. The van der Waals surface area contributed by atoms with Crippen LogP contribution in [0.2, 0.25) is 5.02 Å². The number of rotatable bonds is 3. The van der Waals surface area contributed by atoms with E-state index in [0.29, 0.717) is 0 Å². The third-order valence-electron chi connectivity index (χ3n) is 1.89. The van der Waals surface area contributed by atoms with Gasteiger partial charge in [-0.25, -0.2) is 8.78 Å². The molecule has 0 bridgehead atoms. The summed E-state index contributed by atoms with van der Waals surface area (Å²) in [5, 5.41) is 8.30. The van der Waals surface area contributed by atoms with Crippen LogP contribution in [-0.4, -0.2) is 11.7 Å². The first-order chi connectivity index (χ1) is 6.57. The van der Waals surface area contributed by atoms with Crippen molar-refractivity contribution < 1.29 is 13.9 Å². The molecule has 86 valence electrons. The van der Waals surface area contributed by atoms with Crippen LogP contribution >= 0.6 is 24.0 Å². The summed E-state index contributed by atoms with van der Waals surface area (Å²) >= 11 is 5.55. The van der Waals surface area contributed by atoms with Gasteiger partial charge in [0.05, 0.1) is 5.02 Å². The monoisotopic (exact) mass is 257 g/mol. The summed E-state index contributed by atoms with van der Waals surface area (Å²) in [4.78, 5) is 0. The number of benzene rings is 1. The van der Waals surface area contributed by atoms with Gasteiger partial charge in [-0.3, -0.25) is 0 Å². The van der Waals surface area contributed by atoms with Crippen molar-refractivity contribution in [2.24, 2.45) is 5.73 Å². The van der Waals surface area contributed by atoms with Crippen LogP contribution < -0.4 is 5.73 Å². The van der Waals surface area contributed by atoms with E-state index in [1.54, 1.807) is 0 Å². The molecular formula is C9H11Cl2F2NO. The van der Waals surface area contributed by atoms with E-state index >= 15 is 0 Å². The summed E-state index contributed by atoms with van der Waals surface area (Å²) in [6, 6.07) is 1.11. The summed E-state index contributed by atoms with van der Waals surface area (Å²) in [6.07, 6.45) is 0.139. The van der Waals surface area contributed by atoms with E-state index < -0.39 is 17.7 Å². The van der Waals surface area contributed by atoms with Crippen molar-refractivity contribution in [2.75, 3.05) is 6.61 Å². The van der Waals surface area contributed by atoms with Gasteiger partial charge in [-0.1, -0.05) is 11.6 Å². The Balaban J connectivity index is 0.00000196. The van der Waals surface area contributed by atoms with E-state index in [1.807, 2.05) is 0 Å². The second kappa shape index (κ2) is 6.23. The number of aliphatic hydroxyl groups excluding tert-OH is 1. The Bertz CT molecular complexity index is 336. The Hall–Kier alpha value is -0.420. The van der Waals surface area contributed by atoms with E-state index in [4.69, 9.17) is 22.4 Å². The molecule has 0 fully saturated rings. The maximum absolute atomic E-state index is 13.2. The fourth-order valence-electron chi connectivity index (χ4n) is 1.17. The zero-order valence-electron chi connectivity index (χ0n) is 7.71. The SMILES string of the molecule is Cl.NC(CCO)c1c(F)ccc(F)c1Cl. The van der Waals surface area contributed by atoms with Gasteiger partial charge in [0.2, 0.25) is 0 Å². The Kier molecular flexibility index (Phi) is 6.05. The van der Waals surface area contributed by atoms with Crippen LogP contribution in [0.5, 0.6) is 0 Å². The largest absolute Gasteiger partial charge is 0.396 e. The predicted molar refractivity (Wildman–Crippen MR) is 57.2 cm³/mol. The second-order valence-corrected chi connectivity index (χ2v) is 3.25. The molecule has 0 aliphatic carbocycles. The van der Waals surface area contributed by atoms with Gasteiger partial charge in [-0.15, -0.1) is 12.4 Å². The van der Waals surface area contributed by atoms with Gasteiger partial charge in [-0.2, -0.15) is 0 Å². The average molecular weight is 258 g/mol. The van der Waals surface area contributed by atoms with Crippen LogP contribution in [0.25, 0.3) is 0 Å². The summed E-state index contributed by atoms with van der Waals surface area (Å²) in [5.41, 5.74) is 5.44. The Morgan fingerprint density at radius 1 is 1.33 bits per heavy atom. The van der Waals surface area contributed by atoms with Gasteiger partial charge in [-0.05, 0) is 18.6 Å². The fourth-order valence-corrected chi connectivity index (χ4v) is 1.46. The molecule has 1 aromatic rings. The van der Waals surface area contributed by atoms with Crippen LogP contribution in [0.15, 0.2) is 12.1 Å². The summed E-state index contributed by atoms with van der Waals surface area (Å²) in [5.74, 6) is -1.37. The molecule has 0 saturated heterocycles. The van der Waals surface area contributed by atoms with Crippen molar-refractivity contribution in [1.29, 1.82) is 0 Å². The minimum absolute atomic E-state index is 0. The van der Waals surface area contributed by atoms with Crippen molar-refractivity contribution in [2.45, 2.75) is 12.5 Å². The third kappa shape index (κ3) is 3.28. The van der Waals surface area contributed by atoms with Gasteiger partial charge >= 0.3 is 0 Å². The highest BCUT2D eigenvalue weighted by Gasteiger charge is 2.17. The molecule has 0 amide bonds. The van der Waals surface area contributed by atoms with Gasteiger partial charge in [0.25, 0.3) is 0 Å². The molecular weight excluding hydrogens is 247 g/mol. The first-order valence-corrected chi connectivity index (χ1v) is 4.45. The molecule has 0 heterocycles. The maximum Gasteiger partial charge on any atom is 0.142 e. The number of nitrogens with two attached hydrogens (primary N) is 1. The molecule has 2 nitrogen and oxygen atoms in total. The number of halogens is 4. The molecule has 15 heavy (non-hydrogen) atoms. The number of aliphatic hydroxyl groups is 1. The lowest BCUT2D eigenvalue weighted by Crippen LogP contribution is -2.14. The average Bonchev–Trinajstić information content (AvgIpc) is 2.13. The molecule has 1 unspecified atom stereocenters. The zero-order valence-corrected chi connectivity index (χ0v) is 9.29. The zero-order chi connectivity index (χ0) is 10.7. The van der Waals surface area contributed by atoms with E-state index in [1.165, 1.54) is 0 Å². The van der Waals surface area contributed by atoms with Crippen LogP contribution in [0.3, 0.4) is 0 Å². The van der Waals surface area contributed by atoms with Crippen LogP contribution in [0.4, 0.5) is 8.78 Å². The van der Waals surface area contributed by atoms with E-state index in [9.17, 15) is 8.78 Å². The highest BCUT2D eigenvalue weighted by atomic mass is 35.5. The number of hydrogen-bond donors (Lipinski definition) is 2. The summed E-state index contributed by atoms with van der Waals surface area (Å²) in [7, 11) is 0. The molecule has 1 atom stereocenters. The van der Waals surface area contributed by atoms with Crippen molar-refractivity contribution in [3.63, 3.8) is 0 Å². The molecule has 6 heteroatoms. The van der Waals surface area contributed by atoms with E-state index in [2.05, 4.69) is 0 Å². The van der Waals surface area contributed by atoms with Gasteiger partial charge in [0.1, 0.15) is 11.6 Å². The Labute approximate surface area is 97.4 Å². The van der Waals surface area contributed by atoms with E-state index in [-0.39, 0.29) is 36.0 Å². The molecule has 0 spiro atoms. The first kappa shape index (κ1) is 14.6. The quantitative estimate of drug-likeness (QED) is 0.818. The van der Waals surface area contributed by atoms with Gasteiger partial charge in [0.15, 0.2) is 0 Å². The molecule has 0 aliphatic rings. The lowest BCUT2D eigenvalue weighted by atomic mass is 10.0. The Morgan fingerprint density at radius 2 is 1.87 bits per heavy atom. The van der Waals surface area contributed by atoms with Gasteiger partial charge in [0, 0.05) is 18.2 Å². The smallest absolute Gasteiger partial charge is 0.142 e. The van der Waals surface area contributed by atoms with Crippen LogP contribution in [-0.2, 0) is 0 Å². The molecule has 1 rings (SSSR count). The predicted octanol–water partition coefficient (Wildman–Crippen LogP) is 2.42. The van der Waals surface area contributed by atoms with Crippen molar-refractivity contribution in [3.8, 4) is 0 Å². The Morgan fingerprint density at radius 3 is 2.40 bits per heavy atom. The topological polar surface area (TPSA) is 46.2 Å². The molecule has 0 aromatic heterocycles. The summed E-state index contributed by atoms with van der Waals surface area (Å²) in [6.45, 7) is -0.201. The molecule has 0 radical (unpaired) electrons. The standard InChI is InChI=1S/C9H10ClF2NO.ClH/c10-9-6(12)2-1-5(11)8(9)7(13)3-4-14;/h1-2,7,14H,3-4,13H2;1H. The van der Waals surface area contributed by atoms with Crippen molar-refractivity contribution >= 4 is 24.0 Å². The lowest BCUT2D eigenvalue weighted by molar-refractivity contribution is 0.275. The first-order valence-electron chi connectivity index (χ1n) is 4.07. The lowest BCUT2D eigenvalue weighted by Gasteiger charge is -2.13. The molecule has 3 N–H and O–H groups in total. The molecule has 1 aromatic carbocycles. The van der Waals surface area contributed by atoms with Gasteiger partial charge < -0.3 is 10.8 Å². The van der Waals surface area contributed by atoms with Crippen molar-refractivity contribution in [1.82, 2.24) is 0 Å². The fraction of sp³-hybridized carbons (Fsp3) is 0.333.